The van der Waals surface area contributed by atoms with Gasteiger partial charge in [0.2, 0.25) is 0 Å². The Bertz CT molecular complexity index is 1470. The van der Waals surface area contributed by atoms with Gasteiger partial charge in [-0.2, -0.15) is 5.10 Å². The van der Waals surface area contributed by atoms with E-state index in [0.717, 1.165) is 66.5 Å². The first-order valence-electron chi connectivity index (χ1n) is 14.2. The summed E-state index contributed by atoms with van der Waals surface area (Å²) in [6, 6.07) is 12.0. The number of aromatic amines is 1. The normalized spacial score (nSPS) is 20.6. The predicted molar refractivity (Wildman–Crippen MR) is 157 cm³/mol. The SMILES string of the molecule is CC1CCN(Cc2cncc(-c3ccc4[nH]nc(C(=O)Nc5ccc(N6CC(C)OC(C)C6)nc5)c4c3)c2)CC1. The van der Waals surface area contributed by atoms with E-state index in [-0.39, 0.29) is 18.1 Å². The van der Waals surface area contributed by atoms with Crippen LogP contribution >= 0.6 is 0 Å². The number of morpholine rings is 1. The molecule has 2 saturated heterocycles. The van der Waals surface area contributed by atoms with Gasteiger partial charge in [-0.05, 0) is 87.2 Å². The zero-order valence-corrected chi connectivity index (χ0v) is 23.4. The lowest BCUT2D eigenvalue weighted by molar-refractivity contribution is -0.00545. The molecular formula is C31H37N7O2. The number of hydrogen-bond acceptors (Lipinski definition) is 7. The molecule has 9 heteroatoms. The number of carbonyl (C=O) groups excluding carboxylic acids is 1. The van der Waals surface area contributed by atoms with Gasteiger partial charge >= 0.3 is 0 Å². The first-order chi connectivity index (χ1) is 19.4. The molecule has 1 amide bonds. The standard InChI is InChI=1S/C31H37N7O2/c1-20-8-10-37(11-9-20)19-23-12-25(15-32-14-23)24-4-6-28-27(13-24)30(36-35-28)31(39)34-26-5-7-29(33-16-26)38-17-21(2)40-22(3)18-38/h4-7,12-16,20-22H,8-11,17-19H2,1-3H3,(H,34,39)(H,35,36). The molecule has 2 N–H and O–H groups in total. The van der Waals surface area contributed by atoms with Crippen LogP contribution in [-0.2, 0) is 11.3 Å². The fraction of sp³-hybridized carbons (Fsp3) is 0.419. The molecular weight excluding hydrogens is 502 g/mol. The molecule has 3 aromatic heterocycles. The average molecular weight is 540 g/mol. The Morgan fingerprint density at radius 3 is 2.55 bits per heavy atom. The molecule has 0 aliphatic carbocycles. The molecule has 0 saturated carbocycles. The van der Waals surface area contributed by atoms with E-state index < -0.39 is 0 Å². The number of pyridine rings is 2. The second-order valence-corrected chi connectivity index (χ2v) is 11.4. The van der Waals surface area contributed by atoms with Gasteiger partial charge in [0.05, 0.1) is 29.6 Å². The van der Waals surface area contributed by atoms with Crippen LogP contribution in [0.4, 0.5) is 11.5 Å². The van der Waals surface area contributed by atoms with E-state index in [2.05, 4.69) is 62.1 Å². The topological polar surface area (TPSA) is 99.3 Å². The Kier molecular flexibility index (Phi) is 7.49. The monoisotopic (exact) mass is 539 g/mol. The van der Waals surface area contributed by atoms with E-state index in [1.54, 1.807) is 6.20 Å². The minimum absolute atomic E-state index is 0.152. The summed E-state index contributed by atoms with van der Waals surface area (Å²) in [7, 11) is 0. The molecule has 2 fully saturated rings. The third-order valence-electron chi connectivity index (χ3n) is 7.94. The highest BCUT2D eigenvalue weighted by atomic mass is 16.5. The van der Waals surface area contributed by atoms with E-state index in [9.17, 15) is 4.79 Å². The van der Waals surface area contributed by atoms with E-state index >= 15 is 0 Å². The van der Waals surface area contributed by atoms with Crippen LogP contribution in [0.15, 0.2) is 55.0 Å². The number of likely N-dealkylation sites (tertiary alicyclic amines) is 1. The van der Waals surface area contributed by atoms with Crippen molar-refractivity contribution in [1.29, 1.82) is 0 Å². The van der Waals surface area contributed by atoms with Crippen LogP contribution < -0.4 is 10.2 Å². The van der Waals surface area contributed by atoms with Crippen molar-refractivity contribution < 1.29 is 9.53 Å². The Hall–Kier alpha value is -3.82. The molecule has 0 spiro atoms. The van der Waals surface area contributed by atoms with E-state index in [1.165, 1.54) is 18.4 Å². The van der Waals surface area contributed by atoms with Crippen LogP contribution in [0.2, 0.25) is 0 Å². The third-order valence-corrected chi connectivity index (χ3v) is 7.94. The van der Waals surface area contributed by atoms with Crippen LogP contribution in [-0.4, -0.2) is 69.4 Å². The van der Waals surface area contributed by atoms with Gasteiger partial charge in [0, 0.05) is 43.0 Å². The second kappa shape index (κ2) is 11.3. The number of H-pyrrole nitrogens is 1. The van der Waals surface area contributed by atoms with Crippen molar-refractivity contribution in [3.05, 3.63) is 66.2 Å². The predicted octanol–water partition coefficient (Wildman–Crippen LogP) is 5.12. The van der Waals surface area contributed by atoms with Crippen molar-refractivity contribution in [2.24, 2.45) is 5.92 Å². The van der Waals surface area contributed by atoms with Crippen LogP contribution in [0.3, 0.4) is 0 Å². The largest absolute Gasteiger partial charge is 0.372 e. The lowest BCUT2D eigenvalue weighted by atomic mass is 9.98. The van der Waals surface area contributed by atoms with Gasteiger partial charge in [0.25, 0.3) is 5.91 Å². The lowest BCUT2D eigenvalue weighted by Crippen LogP contribution is -2.45. The fourth-order valence-electron chi connectivity index (χ4n) is 5.78. The molecule has 40 heavy (non-hydrogen) atoms. The molecule has 2 aliphatic heterocycles. The van der Waals surface area contributed by atoms with Crippen LogP contribution in [0.5, 0.6) is 0 Å². The zero-order chi connectivity index (χ0) is 27.6. The number of nitrogens with zero attached hydrogens (tertiary/aromatic N) is 5. The molecule has 0 radical (unpaired) electrons. The Balaban J connectivity index is 1.17. The number of fused-ring (bicyclic) bond motifs is 1. The highest BCUT2D eigenvalue weighted by Gasteiger charge is 2.23. The number of hydrogen-bond donors (Lipinski definition) is 2. The summed E-state index contributed by atoms with van der Waals surface area (Å²) in [6.45, 7) is 11.2. The number of amides is 1. The molecule has 1 aromatic carbocycles. The van der Waals surface area contributed by atoms with Gasteiger partial charge < -0.3 is 15.0 Å². The van der Waals surface area contributed by atoms with E-state index in [0.29, 0.717) is 11.4 Å². The molecule has 5 heterocycles. The van der Waals surface area contributed by atoms with Crippen LogP contribution in [0.1, 0.15) is 49.7 Å². The summed E-state index contributed by atoms with van der Waals surface area (Å²) in [5.74, 6) is 1.41. The van der Waals surface area contributed by atoms with E-state index in [4.69, 9.17) is 4.74 Å². The number of aromatic nitrogens is 4. The van der Waals surface area contributed by atoms with Gasteiger partial charge in [0.1, 0.15) is 5.82 Å². The lowest BCUT2D eigenvalue weighted by Gasteiger charge is -2.36. The van der Waals surface area contributed by atoms with Gasteiger partial charge in [-0.1, -0.05) is 13.0 Å². The molecule has 2 aliphatic rings. The molecule has 2 unspecified atom stereocenters. The van der Waals surface area contributed by atoms with Crippen molar-refractivity contribution in [2.75, 3.05) is 36.4 Å². The number of benzene rings is 1. The summed E-state index contributed by atoms with van der Waals surface area (Å²) in [5, 5.41) is 11.1. The van der Waals surface area contributed by atoms with Gasteiger partial charge in [-0.3, -0.25) is 19.8 Å². The summed E-state index contributed by atoms with van der Waals surface area (Å²) in [6.07, 6.45) is 8.34. The van der Waals surface area contributed by atoms with Crippen molar-refractivity contribution in [2.45, 2.75) is 52.4 Å². The first kappa shape index (κ1) is 26.4. The number of anilines is 2. The highest BCUT2D eigenvalue weighted by Crippen LogP contribution is 2.27. The Labute approximate surface area is 235 Å². The van der Waals surface area contributed by atoms with Crippen molar-refractivity contribution in [3.63, 3.8) is 0 Å². The maximum atomic E-state index is 13.2. The number of carbonyl (C=O) groups is 1. The first-order valence-corrected chi connectivity index (χ1v) is 14.2. The molecule has 9 nitrogen and oxygen atoms in total. The van der Waals surface area contributed by atoms with E-state index in [1.807, 2.05) is 42.7 Å². The quantitative estimate of drug-likeness (QED) is 0.351. The molecule has 0 bridgehead atoms. The van der Waals surface area contributed by atoms with Gasteiger partial charge in [-0.25, -0.2) is 4.98 Å². The minimum Gasteiger partial charge on any atom is -0.372 e. The summed E-state index contributed by atoms with van der Waals surface area (Å²) in [5.41, 5.74) is 5.02. The number of piperidine rings is 1. The summed E-state index contributed by atoms with van der Waals surface area (Å²) < 4.78 is 5.83. The summed E-state index contributed by atoms with van der Waals surface area (Å²) >= 11 is 0. The van der Waals surface area contributed by atoms with Crippen molar-refractivity contribution in [3.8, 4) is 11.1 Å². The maximum Gasteiger partial charge on any atom is 0.276 e. The maximum absolute atomic E-state index is 13.2. The van der Waals surface area contributed by atoms with Gasteiger partial charge in [-0.15, -0.1) is 0 Å². The van der Waals surface area contributed by atoms with Crippen molar-refractivity contribution in [1.82, 2.24) is 25.1 Å². The number of rotatable bonds is 6. The Morgan fingerprint density at radius 2 is 1.80 bits per heavy atom. The van der Waals surface area contributed by atoms with Crippen LogP contribution in [0.25, 0.3) is 22.0 Å². The summed E-state index contributed by atoms with van der Waals surface area (Å²) in [4.78, 5) is 27.1. The third kappa shape index (κ3) is 5.85. The fourth-order valence-corrected chi connectivity index (χ4v) is 5.78. The molecule has 2 atom stereocenters. The number of ether oxygens (including phenoxy) is 1. The highest BCUT2D eigenvalue weighted by molar-refractivity contribution is 6.11. The molecule has 208 valence electrons. The average Bonchev–Trinajstić information content (AvgIpc) is 3.38. The molecule has 6 rings (SSSR count). The van der Waals surface area contributed by atoms with Crippen molar-refractivity contribution >= 4 is 28.3 Å². The zero-order valence-electron chi connectivity index (χ0n) is 23.4. The molecule has 4 aromatic rings. The van der Waals surface area contributed by atoms with Gasteiger partial charge in [0.15, 0.2) is 5.69 Å². The van der Waals surface area contributed by atoms with Crippen LogP contribution in [0, 0.1) is 5.92 Å². The number of nitrogens with one attached hydrogen (secondary N) is 2. The Morgan fingerprint density at radius 1 is 1.00 bits per heavy atom. The smallest absolute Gasteiger partial charge is 0.276 e. The second-order valence-electron chi connectivity index (χ2n) is 11.4. The minimum atomic E-state index is -0.280.